The maximum absolute atomic E-state index is 5.38. The van der Waals surface area contributed by atoms with E-state index in [0.717, 1.165) is 35.3 Å². The van der Waals surface area contributed by atoms with Crippen LogP contribution in [0, 0.1) is 6.92 Å². The standard InChI is InChI=1S/C14H18N4OS/c1-3-6-15-11-7-12(18-13(17-11)10-4-5-10)20-14-16-9(2)8-19-14/h7-8,10H,3-6H2,1-2H3,(H,15,17,18). The Morgan fingerprint density at radius 1 is 1.35 bits per heavy atom. The van der Waals surface area contributed by atoms with Crippen LogP contribution in [0.25, 0.3) is 0 Å². The third-order valence-corrected chi connectivity index (χ3v) is 3.79. The summed E-state index contributed by atoms with van der Waals surface area (Å²) >= 11 is 1.45. The molecule has 1 fully saturated rings. The Labute approximate surface area is 122 Å². The molecule has 5 nitrogen and oxygen atoms in total. The fraction of sp³-hybridized carbons (Fsp3) is 0.500. The van der Waals surface area contributed by atoms with Gasteiger partial charge in [-0.05, 0) is 37.9 Å². The molecule has 2 heterocycles. The number of rotatable bonds is 6. The highest BCUT2D eigenvalue weighted by molar-refractivity contribution is 7.99. The summed E-state index contributed by atoms with van der Waals surface area (Å²) in [6, 6.07) is 1.96. The molecule has 1 N–H and O–H groups in total. The Kier molecular flexibility index (Phi) is 3.91. The van der Waals surface area contributed by atoms with E-state index in [1.165, 1.54) is 24.6 Å². The van der Waals surface area contributed by atoms with Crippen LogP contribution >= 0.6 is 11.8 Å². The van der Waals surface area contributed by atoms with Gasteiger partial charge < -0.3 is 9.73 Å². The van der Waals surface area contributed by atoms with Crippen molar-refractivity contribution in [1.29, 1.82) is 0 Å². The molecule has 0 amide bonds. The summed E-state index contributed by atoms with van der Waals surface area (Å²) in [5.74, 6) is 2.37. The van der Waals surface area contributed by atoms with Gasteiger partial charge in [-0.15, -0.1) is 0 Å². The lowest BCUT2D eigenvalue weighted by molar-refractivity contribution is 0.453. The molecular formula is C14H18N4OS. The number of hydrogen-bond acceptors (Lipinski definition) is 6. The molecule has 1 aliphatic rings. The van der Waals surface area contributed by atoms with E-state index in [4.69, 9.17) is 4.42 Å². The highest BCUT2D eigenvalue weighted by Crippen LogP contribution is 2.39. The normalized spacial score (nSPS) is 14.5. The Hall–Kier alpha value is -1.56. The molecular weight excluding hydrogens is 272 g/mol. The first-order chi connectivity index (χ1) is 9.74. The topological polar surface area (TPSA) is 63.8 Å². The van der Waals surface area contributed by atoms with Gasteiger partial charge in [-0.3, -0.25) is 0 Å². The predicted molar refractivity (Wildman–Crippen MR) is 78.2 cm³/mol. The lowest BCUT2D eigenvalue weighted by Gasteiger charge is -2.07. The monoisotopic (exact) mass is 290 g/mol. The van der Waals surface area contributed by atoms with Crippen molar-refractivity contribution in [3.63, 3.8) is 0 Å². The molecule has 0 saturated heterocycles. The molecule has 1 saturated carbocycles. The predicted octanol–water partition coefficient (Wildman–Crippen LogP) is 3.62. The first-order valence-corrected chi connectivity index (χ1v) is 7.79. The van der Waals surface area contributed by atoms with Crippen LogP contribution in [0.3, 0.4) is 0 Å². The first kappa shape index (κ1) is 13.4. The highest BCUT2D eigenvalue weighted by atomic mass is 32.2. The smallest absolute Gasteiger partial charge is 0.262 e. The molecule has 0 radical (unpaired) electrons. The summed E-state index contributed by atoms with van der Waals surface area (Å²) < 4.78 is 5.38. The largest absolute Gasteiger partial charge is 0.439 e. The summed E-state index contributed by atoms with van der Waals surface area (Å²) in [6.45, 7) is 4.97. The summed E-state index contributed by atoms with van der Waals surface area (Å²) in [5.41, 5.74) is 0.883. The lowest BCUT2D eigenvalue weighted by Crippen LogP contribution is -2.05. The quantitative estimate of drug-likeness (QED) is 0.820. The number of hydrogen-bond donors (Lipinski definition) is 1. The zero-order valence-corrected chi connectivity index (χ0v) is 12.5. The van der Waals surface area contributed by atoms with E-state index in [9.17, 15) is 0 Å². The first-order valence-electron chi connectivity index (χ1n) is 6.97. The lowest BCUT2D eigenvalue weighted by atomic mass is 10.4. The second kappa shape index (κ2) is 5.83. The van der Waals surface area contributed by atoms with E-state index < -0.39 is 0 Å². The molecule has 106 valence electrons. The van der Waals surface area contributed by atoms with Crippen LogP contribution in [0.5, 0.6) is 0 Å². The van der Waals surface area contributed by atoms with Gasteiger partial charge in [-0.25, -0.2) is 15.0 Å². The average Bonchev–Trinajstić information content (AvgIpc) is 3.21. The van der Waals surface area contributed by atoms with Gasteiger partial charge in [-0.1, -0.05) is 6.92 Å². The van der Waals surface area contributed by atoms with E-state index in [0.29, 0.717) is 11.1 Å². The Balaban J connectivity index is 1.82. The Morgan fingerprint density at radius 2 is 2.20 bits per heavy atom. The number of anilines is 1. The van der Waals surface area contributed by atoms with E-state index in [1.807, 2.05) is 13.0 Å². The van der Waals surface area contributed by atoms with Crippen molar-refractivity contribution in [2.75, 3.05) is 11.9 Å². The maximum atomic E-state index is 5.38. The molecule has 2 aromatic rings. The minimum Gasteiger partial charge on any atom is -0.439 e. The van der Waals surface area contributed by atoms with Gasteiger partial charge in [-0.2, -0.15) is 0 Å². The zero-order chi connectivity index (χ0) is 13.9. The number of nitrogens with one attached hydrogen (secondary N) is 1. The van der Waals surface area contributed by atoms with E-state index >= 15 is 0 Å². The minimum absolute atomic E-state index is 0.532. The Morgan fingerprint density at radius 3 is 2.85 bits per heavy atom. The molecule has 0 aliphatic heterocycles. The fourth-order valence-electron chi connectivity index (χ4n) is 1.83. The van der Waals surface area contributed by atoms with Crippen molar-refractivity contribution in [2.24, 2.45) is 0 Å². The van der Waals surface area contributed by atoms with Crippen molar-refractivity contribution >= 4 is 17.6 Å². The van der Waals surface area contributed by atoms with Crippen molar-refractivity contribution < 1.29 is 4.42 Å². The van der Waals surface area contributed by atoms with E-state index in [2.05, 4.69) is 27.2 Å². The second-order valence-corrected chi connectivity index (χ2v) is 5.98. The van der Waals surface area contributed by atoms with Gasteiger partial charge in [0.1, 0.15) is 22.9 Å². The molecule has 3 rings (SSSR count). The van der Waals surface area contributed by atoms with Crippen molar-refractivity contribution in [3.8, 4) is 0 Å². The molecule has 6 heteroatoms. The summed E-state index contributed by atoms with van der Waals surface area (Å²) in [6.07, 6.45) is 5.12. The molecule has 1 aliphatic carbocycles. The summed E-state index contributed by atoms with van der Waals surface area (Å²) in [5, 5.41) is 4.85. The number of nitrogens with zero attached hydrogens (tertiary/aromatic N) is 3. The third-order valence-electron chi connectivity index (χ3n) is 3.01. The minimum atomic E-state index is 0.532. The number of aromatic nitrogens is 3. The fourth-order valence-corrected chi connectivity index (χ4v) is 2.61. The molecule has 0 unspecified atom stereocenters. The SMILES string of the molecule is CCCNc1cc(Sc2nc(C)co2)nc(C2CC2)n1. The van der Waals surface area contributed by atoms with Crippen LogP contribution in [-0.4, -0.2) is 21.5 Å². The average molecular weight is 290 g/mol. The van der Waals surface area contributed by atoms with Gasteiger partial charge in [0.2, 0.25) is 0 Å². The third kappa shape index (κ3) is 3.30. The second-order valence-electron chi connectivity index (χ2n) is 5.01. The van der Waals surface area contributed by atoms with Crippen molar-refractivity contribution in [2.45, 2.75) is 49.3 Å². The zero-order valence-electron chi connectivity index (χ0n) is 11.7. The molecule has 2 aromatic heterocycles. The number of oxazole rings is 1. The molecule has 0 bridgehead atoms. The van der Waals surface area contributed by atoms with Crippen LogP contribution < -0.4 is 5.32 Å². The van der Waals surface area contributed by atoms with Gasteiger partial charge in [0.05, 0.1) is 5.69 Å². The van der Waals surface area contributed by atoms with Crippen molar-refractivity contribution in [3.05, 3.63) is 23.8 Å². The Bertz CT molecular complexity index is 595. The van der Waals surface area contributed by atoms with Crippen LogP contribution in [0.4, 0.5) is 5.82 Å². The van der Waals surface area contributed by atoms with Gasteiger partial charge in [0.25, 0.3) is 5.22 Å². The van der Waals surface area contributed by atoms with Crippen LogP contribution in [-0.2, 0) is 0 Å². The highest BCUT2D eigenvalue weighted by Gasteiger charge is 2.27. The van der Waals surface area contributed by atoms with Gasteiger partial charge >= 0.3 is 0 Å². The van der Waals surface area contributed by atoms with Crippen LogP contribution in [0.2, 0.25) is 0 Å². The van der Waals surface area contributed by atoms with Crippen LogP contribution in [0.15, 0.2) is 27.0 Å². The molecule has 20 heavy (non-hydrogen) atoms. The molecule has 0 aromatic carbocycles. The van der Waals surface area contributed by atoms with E-state index in [-0.39, 0.29) is 0 Å². The van der Waals surface area contributed by atoms with Gasteiger partial charge in [0, 0.05) is 18.5 Å². The summed E-state index contributed by atoms with van der Waals surface area (Å²) in [7, 11) is 0. The molecule has 0 atom stereocenters. The number of aryl methyl sites for hydroxylation is 1. The van der Waals surface area contributed by atoms with Crippen LogP contribution in [0.1, 0.15) is 43.6 Å². The molecule has 0 spiro atoms. The summed E-state index contributed by atoms with van der Waals surface area (Å²) in [4.78, 5) is 13.5. The van der Waals surface area contributed by atoms with E-state index in [1.54, 1.807) is 6.26 Å². The van der Waals surface area contributed by atoms with Crippen molar-refractivity contribution in [1.82, 2.24) is 15.0 Å². The maximum Gasteiger partial charge on any atom is 0.262 e. The van der Waals surface area contributed by atoms with Gasteiger partial charge in [0.15, 0.2) is 0 Å².